The zero-order valence-corrected chi connectivity index (χ0v) is 13.7. The summed E-state index contributed by atoms with van der Waals surface area (Å²) in [5.41, 5.74) is -0.991. The summed E-state index contributed by atoms with van der Waals surface area (Å²) in [4.78, 5) is 27.0. The van der Waals surface area contributed by atoms with Gasteiger partial charge in [0.2, 0.25) is 0 Å². The number of esters is 1. The van der Waals surface area contributed by atoms with Crippen molar-refractivity contribution in [3.63, 3.8) is 0 Å². The van der Waals surface area contributed by atoms with Gasteiger partial charge in [0.25, 0.3) is 5.91 Å². The number of hydrogen-bond acceptors (Lipinski definition) is 3. The number of likely N-dealkylation sites (N-methyl/N-ethyl adjacent to an activating group) is 1. The molecule has 0 N–H and O–H groups in total. The first-order valence-electron chi connectivity index (χ1n) is 7.77. The van der Waals surface area contributed by atoms with Gasteiger partial charge in [-0.25, -0.2) is 0 Å². The number of fused-ring (bicyclic) bond motifs is 2. The van der Waals surface area contributed by atoms with E-state index in [9.17, 15) is 9.59 Å². The highest BCUT2D eigenvalue weighted by atomic mass is 16.6. The molecule has 1 saturated heterocycles. The van der Waals surface area contributed by atoms with Crippen LogP contribution in [0.3, 0.4) is 0 Å². The van der Waals surface area contributed by atoms with Gasteiger partial charge in [-0.2, -0.15) is 0 Å². The van der Waals surface area contributed by atoms with Crippen molar-refractivity contribution in [2.75, 3.05) is 7.05 Å². The molecule has 0 aromatic heterocycles. The molecule has 2 bridgehead atoms. The second kappa shape index (κ2) is 4.58. The lowest BCUT2D eigenvalue weighted by molar-refractivity contribution is -0.173. The molecule has 1 aromatic rings. The Bertz CT molecular complexity index is 624. The summed E-state index contributed by atoms with van der Waals surface area (Å²) >= 11 is 0. The highest BCUT2D eigenvalue weighted by Crippen LogP contribution is 2.65. The summed E-state index contributed by atoms with van der Waals surface area (Å²) < 4.78 is 5.66. The number of rotatable bonds is 3. The van der Waals surface area contributed by atoms with Gasteiger partial charge < -0.3 is 9.64 Å². The number of amides is 1. The summed E-state index contributed by atoms with van der Waals surface area (Å²) in [5, 5.41) is 0. The molecule has 2 atom stereocenters. The van der Waals surface area contributed by atoms with E-state index in [1.807, 2.05) is 51.1 Å². The average molecular weight is 301 g/mol. The Balaban J connectivity index is 1.87. The van der Waals surface area contributed by atoms with E-state index in [4.69, 9.17) is 4.74 Å². The fourth-order valence-electron chi connectivity index (χ4n) is 3.96. The molecule has 1 aromatic carbocycles. The van der Waals surface area contributed by atoms with Crippen molar-refractivity contribution in [1.82, 2.24) is 4.90 Å². The Morgan fingerprint density at radius 3 is 2.32 bits per heavy atom. The third-order valence-corrected chi connectivity index (χ3v) is 6.04. The van der Waals surface area contributed by atoms with Crippen molar-refractivity contribution in [3.05, 3.63) is 35.9 Å². The van der Waals surface area contributed by atoms with Gasteiger partial charge in [0.1, 0.15) is 0 Å². The molecule has 1 heterocycles. The molecule has 2 unspecified atom stereocenters. The van der Waals surface area contributed by atoms with Crippen molar-refractivity contribution < 1.29 is 14.3 Å². The highest BCUT2D eigenvalue weighted by molar-refractivity contribution is 5.96. The van der Waals surface area contributed by atoms with Gasteiger partial charge in [-0.15, -0.1) is 0 Å². The molecule has 118 valence electrons. The number of carbonyl (C=O) groups excluding carboxylic acids is 2. The van der Waals surface area contributed by atoms with Crippen molar-refractivity contribution >= 4 is 11.9 Å². The molecule has 3 rings (SSSR count). The summed E-state index contributed by atoms with van der Waals surface area (Å²) in [6.45, 7) is 6.42. The summed E-state index contributed by atoms with van der Waals surface area (Å²) in [6, 6.07) is 9.85. The molecule has 0 radical (unpaired) electrons. The lowest BCUT2D eigenvalue weighted by Gasteiger charge is -2.38. The molecule has 1 aliphatic heterocycles. The molecule has 1 amide bonds. The maximum Gasteiger partial charge on any atom is 0.313 e. The molecular formula is C18H23NO3. The van der Waals surface area contributed by atoms with Crippen molar-refractivity contribution in [3.8, 4) is 0 Å². The quantitative estimate of drug-likeness (QED) is 0.807. The first kappa shape index (κ1) is 15.1. The summed E-state index contributed by atoms with van der Waals surface area (Å²) in [5.74, 6) is -0.318. The van der Waals surface area contributed by atoms with Crippen LogP contribution in [0.25, 0.3) is 0 Å². The molecular weight excluding hydrogens is 278 g/mol. The lowest BCUT2D eigenvalue weighted by atomic mass is 9.66. The number of nitrogens with zero attached hydrogens (tertiary/aromatic N) is 1. The SMILES string of the molecule is CN(Cc1ccccc1)C(=O)C12CCC(C)(C(=O)O1)C2(C)C. The maximum atomic E-state index is 13.1. The fraction of sp³-hybridized carbons (Fsp3) is 0.556. The summed E-state index contributed by atoms with van der Waals surface area (Å²) in [7, 11) is 1.78. The zero-order chi connectivity index (χ0) is 16.2. The number of benzene rings is 1. The summed E-state index contributed by atoms with van der Waals surface area (Å²) in [6.07, 6.45) is 1.32. The molecule has 1 aliphatic carbocycles. The normalized spacial score (nSPS) is 31.9. The Labute approximate surface area is 131 Å². The smallest absolute Gasteiger partial charge is 0.313 e. The minimum absolute atomic E-state index is 0.0871. The van der Waals surface area contributed by atoms with Crippen LogP contribution in [0, 0.1) is 10.8 Å². The van der Waals surface area contributed by atoms with E-state index in [0.717, 1.165) is 5.56 Å². The maximum absolute atomic E-state index is 13.1. The standard InChI is InChI=1S/C18H23NO3/c1-16(2)17(3)10-11-18(16,22-15(17)21)14(20)19(4)12-13-8-6-5-7-9-13/h5-9H,10-12H2,1-4H3. The van der Waals surface area contributed by atoms with E-state index in [0.29, 0.717) is 19.4 Å². The molecule has 2 aliphatic rings. The topological polar surface area (TPSA) is 46.6 Å². The second-order valence-electron chi connectivity index (χ2n) is 7.32. The van der Waals surface area contributed by atoms with Crippen LogP contribution in [-0.2, 0) is 20.9 Å². The van der Waals surface area contributed by atoms with Crippen molar-refractivity contribution in [2.45, 2.75) is 45.8 Å². The predicted octanol–water partition coefficient (Wildman–Crippen LogP) is 2.77. The van der Waals surface area contributed by atoms with Gasteiger partial charge in [0, 0.05) is 19.0 Å². The van der Waals surface area contributed by atoms with Gasteiger partial charge in [-0.05, 0) is 25.3 Å². The van der Waals surface area contributed by atoms with Gasteiger partial charge in [0.05, 0.1) is 5.41 Å². The van der Waals surface area contributed by atoms with Crippen LogP contribution in [0.5, 0.6) is 0 Å². The molecule has 2 fully saturated rings. The van der Waals surface area contributed by atoms with Crippen LogP contribution in [0.15, 0.2) is 30.3 Å². The third-order valence-electron chi connectivity index (χ3n) is 6.04. The van der Waals surface area contributed by atoms with E-state index in [1.165, 1.54) is 0 Å². The molecule has 4 nitrogen and oxygen atoms in total. The van der Waals surface area contributed by atoms with E-state index < -0.39 is 16.4 Å². The molecule has 4 heteroatoms. The average Bonchev–Trinajstić information content (AvgIpc) is 2.77. The first-order chi connectivity index (χ1) is 10.2. The Kier molecular flexibility index (Phi) is 3.13. The zero-order valence-electron chi connectivity index (χ0n) is 13.7. The number of ether oxygens (including phenoxy) is 1. The van der Waals surface area contributed by atoms with Gasteiger partial charge in [-0.1, -0.05) is 44.2 Å². The third kappa shape index (κ3) is 1.70. The van der Waals surface area contributed by atoms with Crippen LogP contribution < -0.4 is 0 Å². The van der Waals surface area contributed by atoms with E-state index in [2.05, 4.69) is 0 Å². The molecule has 0 spiro atoms. The molecule has 1 saturated carbocycles. The van der Waals surface area contributed by atoms with Gasteiger partial charge >= 0.3 is 5.97 Å². The first-order valence-corrected chi connectivity index (χ1v) is 7.77. The van der Waals surface area contributed by atoms with E-state index >= 15 is 0 Å². The minimum Gasteiger partial charge on any atom is -0.448 e. The van der Waals surface area contributed by atoms with Crippen LogP contribution in [0.4, 0.5) is 0 Å². The highest BCUT2D eigenvalue weighted by Gasteiger charge is 2.76. The number of carbonyl (C=O) groups is 2. The fourth-order valence-corrected chi connectivity index (χ4v) is 3.96. The van der Waals surface area contributed by atoms with Crippen LogP contribution in [-0.4, -0.2) is 29.4 Å². The Morgan fingerprint density at radius 2 is 1.82 bits per heavy atom. The van der Waals surface area contributed by atoms with Gasteiger partial charge in [-0.3, -0.25) is 9.59 Å². The van der Waals surface area contributed by atoms with Crippen LogP contribution in [0.2, 0.25) is 0 Å². The Morgan fingerprint density at radius 1 is 1.18 bits per heavy atom. The Hall–Kier alpha value is -1.84. The van der Waals surface area contributed by atoms with Crippen LogP contribution in [0.1, 0.15) is 39.2 Å². The monoisotopic (exact) mass is 301 g/mol. The number of hydrogen-bond donors (Lipinski definition) is 0. The predicted molar refractivity (Wildman–Crippen MR) is 82.9 cm³/mol. The van der Waals surface area contributed by atoms with Crippen LogP contribution >= 0.6 is 0 Å². The van der Waals surface area contributed by atoms with Gasteiger partial charge in [0.15, 0.2) is 5.60 Å². The molecule has 22 heavy (non-hydrogen) atoms. The van der Waals surface area contributed by atoms with Crippen molar-refractivity contribution in [2.24, 2.45) is 10.8 Å². The second-order valence-corrected chi connectivity index (χ2v) is 7.32. The van der Waals surface area contributed by atoms with E-state index in [1.54, 1.807) is 11.9 Å². The minimum atomic E-state index is -1.01. The lowest BCUT2D eigenvalue weighted by Crippen LogP contribution is -2.53. The van der Waals surface area contributed by atoms with Crippen molar-refractivity contribution in [1.29, 1.82) is 0 Å². The largest absolute Gasteiger partial charge is 0.448 e. The van der Waals surface area contributed by atoms with E-state index in [-0.39, 0.29) is 11.9 Å².